The van der Waals surface area contributed by atoms with Crippen LogP contribution >= 0.6 is 15.9 Å². The zero-order chi connectivity index (χ0) is 23.1. The second-order valence-corrected chi connectivity index (χ2v) is 8.65. The van der Waals surface area contributed by atoms with Gasteiger partial charge in [-0.2, -0.15) is 5.10 Å². The minimum atomic E-state index is -1.13. The van der Waals surface area contributed by atoms with Gasteiger partial charge in [-0.3, -0.25) is 0 Å². The Morgan fingerprint density at radius 3 is 2.58 bits per heavy atom. The number of carbonyl (C=O) groups is 1. The fourth-order valence-corrected chi connectivity index (χ4v) is 4.82. The van der Waals surface area contributed by atoms with Gasteiger partial charge in [0.15, 0.2) is 11.5 Å². The first-order valence-electron chi connectivity index (χ1n) is 10.4. The third kappa shape index (κ3) is 3.60. The molecule has 2 atom stereocenters. The minimum Gasteiger partial charge on any atom is -0.493 e. The summed E-state index contributed by atoms with van der Waals surface area (Å²) in [5, 5.41) is 16.8. The lowest BCUT2D eigenvalue weighted by molar-refractivity contribution is -0.0199. The van der Waals surface area contributed by atoms with Crippen LogP contribution in [0.15, 0.2) is 70.2 Å². The maximum atomic E-state index is 12.3. The number of hydrogen-bond acceptors (Lipinski definition) is 6. The SMILES string of the molecule is COc1ccc([C@H]2Oc3ccc(Br)cc3[C@@H]3CC(c4ccccc4)=NN23)c(C(=O)O)c1OC. The molecule has 2 heterocycles. The van der Waals surface area contributed by atoms with Crippen LogP contribution < -0.4 is 14.2 Å². The molecule has 8 heteroatoms. The largest absolute Gasteiger partial charge is 0.493 e. The Labute approximate surface area is 199 Å². The van der Waals surface area contributed by atoms with Gasteiger partial charge in [-0.25, -0.2) is 9.80 Å². The van der Waals surface area contributed by atoms with Crippen LogP contribution in [0.2, 0.25) is 0 Å². The van der Waals surface area contributed by atoms with Gasteiger partial charge in [0.1, 0.15) is 11.3 Å². The fraction of sp³-hybridized carbons (Fsp3) is 0.200. The van der Waals surface area contributed by atoms with Crippen molar-refractivity contribution in [3.8, 4) is 17.2 Å². The van der Waals surface area contributed by atoms with Gasteiger partial charge in [-0.15, -0.1) is 0 Å². The van der Waals surface area contributed by atoms with E-state index in [1.54, 1.807) is 12.1 Å². The van der Waals surface area contributed by atoms with Crippen molar-refractivity contribution in [1.29, 1.82) is 0 Å². The molecule has 33 heavy (non-hydrogen) atoms. The second-order valence-electron chi connectivity index (χ2n) is 7.74. The number of hydrazone groups is 1. The van der Waals surface area contributed by atoms with E-state index in [1.807, 2.05) is 53.5 Å². The summed E-state index contributed by atoms with van der Waals surface area (Å²) >= 11 is 3.55. The molecular weight excluding hydrogens is 488 g/mol. The molecule has 0 amide bonds. The second kappa shape index (κ2) is 8.44. The van der Waals surface area contributed by atoms with Crippen molar-refractivity contribution in [3.05, 3.63) is 87.4 Å². The molecule has 0 fully saturated rings. The average molecular weight is 509 g/mol. The van der Waals surface area contributed by atoms with Gasteiger partial charge in [0.2, 0.25) is 6.23 Å². The number of halogens is 1. The van der Waals surface area contributed by atoms with E-state index in [-0.39, 0.29) is 17.4 Å². The van der Waals surface area contributed by atoms with Crippen molar-refractivity contribution in [3.63, 3.8) is 0 Å². The standard InChI is InChI=1S/C25H21BrN2O5/c1-31-21-11-9-16(22(25(29)30)23(21)32-2)24-28-19(17-12-15(26)8-10-20(17)33-24)13-18(27-28)14-6-4-3-5-7-14/h3-12,19,24H,13H2,1-2H3,(H,29,30)/t19-,24+/m0/s1. The van der Waals surface area contributed by atoms with Gasteiger partial charge in [0, 0.05) is 22.0 Å². The summed E-state index contributed by atoms with van der Waals surface area (Å²) in [5.41, 5.74) is 3.36. The normalized spacial score (nSPS) is 18.6. The Bertz CT molecular complexity index is 1260. The molecule has 1 N–H and O–H groups in total. The number of methoxy groups -OCH3 is 2. The Hall–Kier alpha value is -3.52. The van der Waals surface area contributed by atoms with Crippen molar-refractivity contribution >= 4 is 27.6 Å². The first-order valence-corrected chi connectivity index (χ1v) is 11.2. The van der Waals surface area contributed by atoms with Crippen molar-refractivity contribution < 1.29 is 24.1 Å². The van der Waals surface area contributed by atoms with E-state index in [1.165, 1.54) is 14.2 Å². The summed E-state index contributed by atoms with van der Waals surface area (Å²) in [5.74, 6) is 0.0509. The Kier molecular flexibility index (Phi) is 5.46. The number of rotatable bonds is 5. The zero-order valence-corrected chi connectivity index (χ0v) is 19.6. The van der Waals surface area contributed by atoms with Crippen LogP contribution in [0.3, 0.4) is 0 Å². The van der Waals surface area contributed by atoms with Crippen LogP contribution in [0, 0.1) is 0 Å². The number of nitrogens with zero attached hydrogens (tertiary/aromatic N) is 2. The molecule has 5 rings (SSSR count). The monoisotopic (exact) mass is 508 g/mol. The Morgan fingerprint density at radius 1 is 1.09 bits per heavy atom. The topological polar surface area (TPSA) is 80.6 Å². The molecule has 2 aliphatic heterocycles. The lowest BCUT2D eigenvalue weighted by Crippen LogP contribution is -2.34. The zero-order valence-electron chi connectivity index (χ0n) is 18.0. The van der Waals surface area contributed by atoms with Crippen LogP contribution in [0.1, 0.15) is 45.7 Å². The first kappa shape index (κ1) is 21.3. The van der Waals surface area contributed by atoms with E-state index >= 15 is 0 Å². The summed E-state index contributed by atoms with van der Waals surface area (Å²) in [4.78, 5) is 12.3. The molecule has 2 aliphatic rings. The first-order chi connectivity index (χ1) is 16.0. The van der Waals surface area contributed by atoms with Gasteiger partial charge >= 0.3 is 5.97 Å². The number of carboxylic acids is 1. The van der Waals surface area contributed by atoms with E-state index in [4.69, 9.17) is 19.3 Å². The molecule has 0 bridgehead atoms. The lowest BCUT2D eigenvalue weighted by Gasteiger charge is -2.38. The molecule has 0 unspecified atom stereocenters. The van der Waals surface area contributed by atoms with Crippen LogP contribution in [0.5, 0.6) is 17.2 Å². The smallest absolute Gasteiger partial charge is 0.340 e. The predicted octanol–water partition coefficient (Wildman–Crippen LogP) is 5.41. The van der Waals surface area contributed by atoms with Crippen molar-refractivity contribution in [2.75, 3.05) is 14.2 Å². The van der Waals surface area contributed by atoms with Crippen molar-refractivity contribution in [2.45, 2.75) is 18.7 Å². The molecule has 0 spiro atoms. The van der Waals surface area contributed by atoms with Crippen LogP contribution in [-0.4, -0.2) is 36.0 Å². The Morgan fingerprint density at radius 2 is 1.88 bits per heavy atom. The molecule has 0 saturated carbocycles. The summed E-state index contributed by atoms with van der Waals surface area (Å²) in [6.45, 7) is 0. The van der Waals surface area contributed by atoms with Crippen molar-refractivity contribution in [1.82, 2.24) is 5.01 Å². The highest BCUT2D eigenvalue weighted by Gasteiger charge is 2.43. The molecule has 3 aromatic rings. The number of fused-ring (bicyclic) bond motifs is 3. The van der Waals surface area contributed by atoms with Gasteiger partial charge in [-0.1, -0.05) is 46.3 Å². The lowest BCUT2D eigenvalue weighted by atomic mass is 9.95. The maximum absolute atomic E-state index is 12.3. The number of benzene rings is 3. The molecule has 0 aromatic heterocycles. The number of carboxylic acid groups (broad SMARTS) is 1. The van der Waals surface area contributed by atoms with E-state index in [0.29, 0.717) is 23.5 Å². The number of hydrogen-bond donors (Lipinski definition) is 1. The summed E-state index contributed by atoms with van der Waals surface area (Å²) in [6, 6.07) is 19.1. The molecule has 3 aromatic carbocycles. The van der Waals surface area contributed by atoms with E-state index in [9.17, 15) is 9.90 Å². The molecule has 0 aliphatic carbocycles. The summed E-state index contributed by atoms with van der Waals surface area (Å²) in [6.07, 6.45) is -0.0842. The quantitative estimate of drug-likeness (QED) is 0.496. The third-order valence-corrected chi connectivity index (χ3v) is 6.41. The van der Waals surface area contributed by atoms with E-state index < -0.39 is 12.2 Å². The maximum Gasteiger partial charge on any atom is 0.340 e. The van der Waals surface area contributed by atoms with Crippen LogP contribution in [0.4, 0.5) is 0 Å². The van der Waals surface area contributed by atoms with Gasteiger partial charge in [0.25, 0.3) is 0 Å². The number of aromatic carboxylic acids is 1. The van der Waals surface area contributed by atoms with Crippen LogP contribution in [-0.2, 0) is 0 Å². The molecule has 0 saturated heterocycles. The Balaban J connectivity index is 1.68. The molecule has 0 radical (unpaired) electrons. The van der Waals surface area contributed by atoms with Crippen LogP contribution in [0.25, 0.3) is 0 Å². The van der Waals surface area contributed by atoms with Gasteiger partial charge < -0.3 is 19.3 Å². The highest BCUT2D eigenvalue weighted by Crippen LogP contribution is 2.50. The van der Waals surface area contributed by atoms with Gasteiger partial charge in [-0.05, 0) is 35.9 Å². The fourth-order valence-electron chi connectivity index (χ4n) is 4.44. The minimum absolute atomic E-state index is 0.00970. The third-order valence-electron chi connectivity index (χ3n) is 5.92. The molecule has 7 nitrogen and oxygen atoms in total. The van der Waals surface area contributed by atoms with Gasteiger partial charge in [0.05, 0.1) is 26.0 Å². The summed E-state index contributed by atoms with van der Waals surface area (Å²) < 4.78 is 18.1. The highest BCUT2D eigenvalue weighted by atomic mass is 79.9. The molecular formula is C25H21BrN2O5. The average Bonchev–Trinajstić information content (AvgIpc) is 3.29. The van der Waals surface area contributed by atoms with E-state index in [0.717, 1.165) is 21.3 Å². The highest BCUT2D eigenvalue weighted by molar-refractivity contribution is 9.10. The predicted molar refractivity (Wildman–Crippen MR) is 126 cm³/mol. The number of ether oxygens (including phenoxy) is 3. The van der Waals surface area contributed by atoms with Crippen molar-refractivity contribution in [2.24, 2.45) is 5.10 Å². The summed E-state index contributed by atoms with van der Waals surface area (Å²) in [7, 11) is 2.90. The van der Waals surface area contributed by atoms with E-state index in [2.05, 4.69) is 15.9 Å². The molecule has 168 valence electrons.